The first-order valence-corrected chi connectivity index (χ1v) is 13.2. The number of hydrogen-bond acceptors (Lipinski definition) is 4. The Balaban J connectivity index is 1.41. The molecule has 0 saturated carbocycles. The van der Waals surface area contributed by atoms with E-state index < -0.39 is 10.0 Å². The summed E-state index contributed by atoms with van der Waals surface area (Å²) in [4.78, 5) is 15.5. The molecule has 1 heterocycles. The highest BCUT2D eigenvalue weighted by Crippen LogP contribution is 2.19. The third kappa shape index (κ3) is 6.24. The number of aryl methyl sites for hydroxylation is 1. The van der Waals surface area contributed by atoms with Crippen molar-refractivity contribution in [3.8, 4) is 0 Å². The molecule has 1 aliphatic rings. The summed E-state index contributed by atoms with van der Waals surface area (Å²) >= 11 is 0. The molecule has 0 aliphatic carbocycles. The van der Waals surface area contributed by atoms with Crippen LogP contribution in [0.5, 0.6) is 0 Å². The van der Waals surface area contributed by atoms with Gasteiger partial charge >= 0.3 is 0 Å². The average Bonchev–Trinajstić information content (AvgIpc) is 2.84. The van der Waals surface area contributed by atoms with Crippen LogP contribution in [0.15, 0.2) is 77.7 Å². The second kappa shape index (κ2) is 10.8. The lowest BCUT2D eigenvalue weighted by Gasteiger charge is -2.27. The van der Waals surface area contributed by atoms with Crippen molar-refractivity contribution in [1.82, 2.24) is 10.2 Å². The zero-order valence-corrected chi connectivity index (χ0v) is 20.3. The number of rotatable bonds is 8. The lowest BCUT2D eigenvalue weighted by atomic mass is 10.0. The molecule has 0 radical (unpaired) electrons. The predicted octanol–water partition coefficient (Wildman–Crippen LogP) is 4.71. The minimum absolute atomic E-state index is 0.179. The van der Waals surface area contributed by atoms with E-state index >= 15 is 0 Å². The maximum absolute atomic E-state index is 12.8. The third-order valence-electron chi connectivity index (χ3n) is 6.11. The maximum atomic E-state index is 12.8. The molecule has 0 aromatic heterocycles. The van der Waals surface area contributed by atoms with Gasteiger partial charge in [0.15, 0.2) is 0 Å². The van der Waals surface area contributed by atoms with Crippen LogP contribution in [-0.2, 0) is 23.1 Å². The molecule has 0 spiro atoms. The third-order valence-corrected chi connectivity index (χ3v) is 7.51. The highest BCUT2D eigenvalue weighted by molar-refractivity contribution is 7.92. The van der Waals surface area contributed by atoms with E-state index in [1.54, 1.807) is 48.5 Å². The molecule has 6 nitrogen and oxygen atoms in total. The molecule has 178 valence electrons. The van der Waals surface area contributed by atoms with Gasteiger partial charge in [-0.1, -0.05) is 54.4 Å². The molecule has 3 aromatic rings. The van der Waals surface area contributed by atoms with Gasteiger partial charge in [0.05, 0.1) is 4.90 Å². The quantitative estimate of drug-likeness (QED) is 0.492. The van der Waals surface area contributed by atoms with Gasteiger partial charge in [0.1, 0.15) is 0 Å². The summed E-state index contributed by atoms with van der Waals surface area (Å²) in [6.07, 6.45) is 3.78. The van der Waals surface area contributed by atoms with Crippen LogP contribution in [0.1, 0.15) is 46.3 Å². The summed E-state index contributed by atoms with van der Waals surface area (Å²) < 4.78 is 27.9. The van der Waals surface area contributed by atoms with Crippen molar-refractivity contribution in [2.45, 2.75) is 44.2 Å². The van der Waals surface area contributed by atoms with Gasteiger partial charge in [0.2, 0.25) is 0 Å². The number of nitrogens with one attached hydrogen (secondary N) is 2. The van der Waals surface area contributed by atoms with Crippen LogP contribution in [0.25, 0.3) is 0 Å². The van der Waals surface area contributed by atoms with E-state index in [1.807, 2.05) is 25.1 Å². The molecule has 1 amide bonds. The minimum atomic E-state index is -3.73. The number of benzene rings is 3. The normalized spacial score (nSPS) is 14.5. The molecular formula is C27H31N3O3S. The minimum Gasteiger partial charge on any atom is -0.348 e. The summed E-state index contributed by atoms with van der Waals surface area (Å²) in [5, 5.41) is 2.99. The topological polar surface area (TPSA) is 78.5 Å². The van der Waals surface area contributed by atoms with Crippen molar-refractivity contribution in [1.29, 1.82) is 0 Å². The molecule has 1 saturated heterocycles. The van der Waals surface area contributed by atoms with Crippen molar-refractivity contribution in [2.75, 3.05) is 17.8 Å². The van der Waals surface area contributed by atoms with Gasteiger partial charge in [-0.15, -0.1) is 0 Å². The van der Waals surface area contributed by atoms with E-state index in [1.165, 1.54) is 24.8 Å². The van der Waals surface area contributed by atoms with Gasteiger partial charge in [0, 0.05) is 24.3 Å². The van der Waals surface area contributed by atoms with Gasteiger partial charge in [-0.3, -0.25) is 14.4 Å². The van der Waals surface area contributed by atoms with E-state index in [0.29, 0.717) is 17.8 Å². The SMILES string of the molecule is Cc1ccc(S(=O)(=O)Nc2cccc(C(=O)NCc3ccccc3CN3CCCCC3)c2)cc1. The number of nitrogens with zero attached hydrogens (tertiary/aromatic N) is 1. The van der Waals surface area contributed by atoms with Crippen LogP contribution >= 0.6 is 0 Å². The van der Waals surface area contributed by atoms with E-state index in [-0.39, 0.29) is 10.8 Å². The smallest absolute Gasteiger partial charge is 0.261 e. The summed E-state index contributed by atoms with van der Waals surface area (Å²) in [5.74, 6) is -0.246. The molecule has 2 N–H and O–H groups in total. The van der Waals surface area contributed by atoms with Gasteiger partial charge in [-0.25, -0.2) is 8.42 Å². The highest BCUT2D eigenvalue weighted by atomic mass is 32.2. The van der Waals surface area contributed by atoms with E-state index in [2.05, 4.69) is 21.0 Å². The molecule has 0 unspecified atom stereocenters. The second-order valence-electron chi connectivity index (χ2n) is 8.79. The number of hydrogen-bond donors (Lipinski definition) is 2. The molecule has 3 aromatic carbocycles. The zero-order chi connectivity index (χ0) is 24.0. The van der Waals surface area contributed by atoms with E-state index in [0.717, 1.165) is 30.8 Å². The largest absolute Gasteiger partial charge is 0.348 e. The molecule has 0 atom stereocenters. The standard InChI is InChI=1S/C27H31N3O3S/c1-21-12-14-26(15-13-21)34(32,33)29-25-11-7-10-22(18-25)27(31)28-19-23-8-3-4-9-24(23)20-30-16-5-2-6-17-30/h3-4,7-15,18,29H,2,5-6,16-17,19-20H2,1H3,(H,28,31). The molecule has 7 heteroatoms. The van der Waals surface area contributed by atoms with Crippen molar-refractivity contribution in [2.24, 2.45) is 0 Å². The van der Waals surface area contributed by atoms with Gasteiger partial charge in [-0.2, -0.15) is 0 Å². The lowest BCUT2D eigenvalue weighted by molar-refractivity contribution is 0.0950. The second-order valence-corrected chi connectivity index (χ2v) is 10.5. The van der Waals surface area contributed by atoms with Crippen LogP contribution in [-0.4, -0.2) is 32.3 Å². The van der Waals surface area contributed by atoms with Gasteiger partial charge in [0.25, 0.3) is 15.9 Å². The molecule has 0 bridgehead atoms. The van der Waals surface area contributed by atoms with Gasteiger partial charge in [-0.05, 0) is 74.3 Å². The monoisotopic (exact) mass is 477 g/mol. The summed E-state index contributed by atoms with van der Waals surface area (Å²) in [7, 11) is -3.73. The fourth-order valence-corrected chi connectivity index (χ4v) is 5.23. The number of likely N-dealkylation sites (tertiary alicyclic amines) is 1. The molecule has 34 heavy (non-hydrogen) atoms. The maximum Gasteiger partial charge on any atom is 0.261 e. The number of carbonyl (C=O) groups is 1. The van der Waals surface area contributed by atoms with Crippen LogP contribution in [0.4, 0.5) is 5.69 Å². The van der Waals surface area contributed by atoms with Crippen molar-refractivity contribution < 1.29 is 13.2 Å². The van der Waals surface area contributed by atoms with E-state index in [4.69, 9.17) is 0 Å². The number of amides is 1. The molecular weight excluding hydrogens is 446 g/mol. The lowest BCUT2D eigenvalue weighted by Crippen LogP contribution is -2.30. The molecule has 4 rings (SSSR count). The number of carbonyl (C=O) groups excluding carboxylic acids is 1. The Hall–Kier alpha value is -3.16. The van der Waals surface area contributed by atoms with Crippen molar-refractivity contribution >= 4 is 21.6 Å². The summed E-state index contributed by atoms with van der Waals surface area (Å²) in [5.41, 5.74) is 4.05. The first-order chi connectivity index (χ1) is 16.4. The Kier molecular flexibility index (Phi) is 7.65. The predicted molar refractivity (Wildman–Crippen MR) is 135 cm³/mol. The highest BCUT2D eigenvalue weighted by Gasteiger charge is 2.16. The molecule has 1 fully saturated rings. The van der Waals surface area contributed by atoms with Crippen LogP contribution in [0.3, 0.4) is 0 Å². The average molecular weight is 478 g/mol. The number of sulfonamides is 1. The fourth-order valence-electron chi connectivity index (χ4n) is 4.18. The van der Waals surface area contributed by atoms with E-state index in [9.17, 15) is 13.2 Å². The fraction of sp³-hybridized carbons (Fsp3) is 0.296. The first-order valence-electron chi connectivity index (χ1n) is 11.7. The van der Waals surface area contributed by atoms with Crippen LogP contribution < -0.4 is 10.0 Å². The number of anilines is 1. The Labute approximate surface area is 202 Å². The van der Waals surface area contributed by atoms with Crippen molar-refractivity contribution in [3.05, 3.63) is 95.1 Å². The van der Waals surface area contributed by atoms with Crippen LogP contribution in [0.2, 0.25) is 0 Å². The summed E-state index contributed by atoms with van der Waals surface area (Å²) in [6.45, 7) is 5.44. The van der Waals surface area contributed by atoms with Crippen molar-refractivity contribution in [3.63, 3.8) is 0 Å². The first kappa shape index (κ1) is 24.0. The Morgan fingerprint density at radius 1 is 0.882 bits per heavy atom. The Morgan fingerprint density at radius 3 is 2.32 bits per heavy atom. The van der Waals surface area contributed by atoms with Gasteiger partial charge < -0.3 is 5.32 Å². The summed E-state index contributed by atoms with van der Waals surface area (Å²) in [6, 6.07) is 21.4. The van der Waals surface area contributed by atoms with Crippen LogP contribution in [0, 0.1) is 6.92 Å². The number of piperidine rings is 1. The Morgan fingerprint density at radius 2 is 1.59 bits per heavy atom. The molecule has 1 aliphatic heterocycles. The zero-order valence-electron chi connectivity index (χ0n) is 19.5. The Bertz CT molecular complexity index is 1230.